The molecule has 0 saturated heterocycles. The second-order valence-electron chi connectivity index (χ2n) is 7.46. The minimum atomic E-state index is -0.549. The average molecular weight is 232 g/mol. The molecule has 92 valence electrons. The van der Waals surface area contributed by atoms with E-state index in [1.807, 2.05) is 0 Å². The summed E-state index contributed by atoms with van der Waals surface area (Å²) >= 11 is 0. The highest BCUT2D eigenvalue weighted by Gasteiger charge is 2.70. The van der Waals surface area contributed by atoms with Crippen LogP contribution < -0.4 is 0 Å². The first kappa shape index (κ1) is 10.2. The van der Waals surface area contributed by atoms with Crippen molar-refractivity contribution >= 4 is 5.97 Å². The number of carboxylic acid groups (broad SMARTS) is 1. The Morgan fingerprint density at radius 2 is 2.00 bits per heavy atom. The summed E-state index contributed by atoms with van der Waals surface area (Å²) in [6.45, 7) is 4.71. The van der Waals surface area contributed by atoms with Gasteiger partial charge in [0.1, 0.15) is 0 Å². The van der Waals surface area contributed by atoms with Crippen molar-refractivity contribution in [3.8, 4) is 0 Å². The third-order valence-electron chi connectivity index (χ3n) is 6.50. The van der Waals surface area contributed by atoms with Crippen LogP contribution in [0.5, 0.6) is 0 Å². The summed E-state index contributed by atoms with van der Waals surface area (Å²) < 4.78 is 0. The summed E-state index contributed by atoms with van der Waals surface area (Å²) in [7, 11) is 0. The maximum absolute atomic E-state index is 11.4. The van der Waals surface area contributed by atoms with Crippen molar-refractivity contribution in [2.75, 3.05) is 0 Å². The fraction of sp³-hybridized carbons (Fsp3) is 0.800. The van der Waals surface area contributed by atoms with Gasteiger partial charge in [-0.25, -0.2) is 0 Å². The summed E-state index contributed by atoms with van der Waals surface area (Å²) in [6.07, 6.45) is 8.17. The lowest BCUT2D eigenvalue weighted by molar-refractivity contribution is -0.146. The Morgan fingerprint density at radius 3 is 2.71 bits per heavy atom. The first-order chi connectivity index (χ1) is 7.95. The van der Waals surface area contributed by atoms with Crippen molar-refractivity contribution < 1.29 is 9.90 Å². The lowest BCUT2D eigenvalue weighted by Crippen LogP contribution is -2.40. The van der Waals surface area contributed by atoms with Crippen LogP contribution in [-0.4, -0.2) is 11.1 Å². The topological polar surface area (TPSA) is 37.3 Å². The van der Waals surface area contributed by atoms with Gasteiger partial charge in [0.15, 0.2) is 0 Å². The Bertz CT molecular complexity index is 440. The number of fused-ring (bicyclic) bond motifs is 9. The van der Waals surface area contributed by atoms with Gasteiger partial charge in [-0.05, 0) is 53.8 Å². The van der Waals surface area contributed by atoms with Crippen LogP contribution in [0.1, 0.15) is 33.1 Å². The van der Waals surface area contributed by atoms with E-state index >= 15 is 0 Å². The monoisotopic (exact) mass is 232 g/mol. The van der Waals surface area contributed by atoms with Crippen molar-refractivity contribution in [2.45, 2.75) is 33.1 Å². The van der Waals surface area contributed by atoms with Crippen LogP contribution in [-0.2, 0) is 4.79 Å². The molecule has 0 aromatic heterocycles. The van der Waals surface area contributed by atoms with Crippen molar-refractivity contribution in [1.29, 1.82) is 0 Å². The zero-order valence-electron chi connectivity index (χ0n) is 10.5. The van der Waals surface area contributed by atoms with Crippen LogP contribution in [0.15, 0.2) is 12.2 Å². The Labute approximate surface area is 102 Å². The average Bonchev–Trinajstić information content (AvgIpc) is 2.90. The van der Waals surface area contributed by atoms with E-state index in [0.29, 0.717) is 22.7 Å². The normalized spacial score (nSPS) is 62.1. The van der Waals surface area contributed by atoms with E-state index in [2.05, 4.69) is 26.0 Å². The number of allylic oxidation sites excluding steroid dienone is 2. The van der Waals surface area contributed by atoms with Gasteiger partial charge in [-0.2, -0.15) is 0 Å². The van der Waals surface area contributed by atoms with Crippen molar-refractivity contribution in [2.24, 2.45) is 40.4 Å². The largest absolute Gasteiger partial charge is 0.481 e. The van der Waals surface area contributed by atoms with E-state index in [1.165, 1.54) is 6.42 Å². The van der Waals surface area contributed by atoms with Crippen LogP contribution in [0.2, 0.25) is 0 Å². The molecule has 17 heavy (non-hydrogen) atoms. The number of aliphatic carboxylic acids is 1. The summed E-state index contributed by atoms with van der Waals surface area (Å²) in [5, 5.41) is 9.41. The highest BCUT2D eigenvalue weighted by atomic mass is 16.4. The van der Waals surface area contributed by atoms with Crippen LogP contribution in [0, 0.1) is 40.4 Å². The zero-order valence-corrected chi connectivity index (χ0v) is 10.5. The molecular formula is C15H20O2. The van der Waals surface area contributed by atoms with E-state index in [-0.39, 0.29) is 5.92 Å². The zero-order chi connectivity index (χ0) is 12.0. The van der Waals surface area contributed by atoms with E-state index < -0.39 is 5.97 Å². The SMILES string of the molecule is CC12C=CC(C1)C1C2C2CC1(C)CC2C(=O)O. The summed E-state index contributed by atoms with van der Waals surface area (Å²) in [5.74, 6) is 2.01. The first-order valence-corrected chi connectivity index (χ1v) is 6.87. The summed E-state index contributed by atoms with van der Waals surface area (Å²) in [4.78, 5) is 11.4. The van der Waals surface area contributed by atoms with Crippen LogP contribution in [0.25, 0.3) is 0 Å². The molecule has 2 heteroatoms. The molecule has 4 aliphatic carbocycles. The molecule has 0 aliphatic heterocycles. The Morgan fingerprint density at radius 1 is 1.24 bits per heavy atom. The minimum Gasteiger partial charge on any atom is -0.481 e. The Balaban J connectivity index is 1.80. The predicted octanol–water partition coefficient (Wildman–Crippen LogP) is 2.95. The molecular weight excluding hydrogens is 212 g/mol. The summed E-state index contributed by atoms with van der Waals surface area (Å²) in [6, 6.07) is 0. The molecule has 4 rings (SSSR count). The van der Waals surface area contributed by atoms with Gasteiger partial charge in [0.25, 0.3) is 0 Å². The van der Waals surface area contributed by atoms with E-state index in [1.54, 1.807) is 0 Å². The smallest absolute Gasteiger partial charge is 0.306 e. The third kappa shape index (κ3) is 0.974. The molecule has 0 aromatic carbocycles. The van der Waals surface area contributed by atoms with Gasteiger partial charge >= 0.3 is 5.97 Å². The fourth-order valence-electron chi connectivity index (χ4n) is 6.20. The number of carboxylic acids is 1. The first-order valence-electron chi connectivity index (χ1n) is 6.87. The predicted molar refractivity (Wildman–Crippen MR) is 64.3 cm³/mol. The molecule has 4 bridgehead atoms. The van der Waals surface area contributed by atoms with Crippen LogP contribution in [0.3, 0.4) is 0 Å². The van der Waals surface area contributed by atoms with Gasteiger partial charge in [-0.15, -0.1) is 0 Å². The Hall–Kier alpha value is -0.790. The molecule has 4 aliphatic rings. The van der Waals surface area contributed by atoms with Gasteiger partial charge in [0.2, 0.25) is 0 Å². The van der Waals surface area contributed by atoms with Gasteiger partial charge < -0.3 is 5.11 Å². The fourth-order valence-corrected chi connectivity index (χ4v) is 6.20. The van der Waals surface area contributed by atoms with Crippen LogP contribution in [0.4, 0.5) is 0 Å². The molecule has 1 N–H and O–H groups in total. The van der Waals surface area contributed by atoms with Crippen molar-refractivity contribution in [1.82, 2.24) is 0 Å². The highest BCUT2D eigenvalue weighted by Crippen LogP contribution is 2.75. The molecule has 0 radical (unpaired) electrons. The van der Waals surface area contributed by atoms with Gasteiger partial charge in [-0.3, -0.25) is 4.79 Å². The van der Waals surface area contributed by atoms with E-state index in [0.717, 1.165) is 24.7 Å². The van der Waals surface area contributed by atoms with Crippen LogP contribution >= 0.6 is 0 Å². The molecule has 0 spiro atoms. The minimum absolute atomic E-state index is 0.0641. The molecule has 3 saturated carbocycles. The molecule has 7 unspecified atom stereocenters. The number of carbonyl (C=O) groups is 1. The molecule has 3 fully saturated rings. The molecule has 2 nitrogen and oxygen atoms in total. The standard InChI is InChI=1S/C15H20O2/c1-14-4-3-8(5-14)11-12(14)9-6-15(11,2)7-10(9)13(16)17/h3-4,8-12H,5-7H2,1-2H3,(H,16,17). The quantitative estimate of drug-likeness (QED) is 0.557. The van der Waals surface area contributed by atoms with Crippen molar-refractivity contribution in [3.05, 3.63) is 12.2 Å². The van der Waals surface area contributed by atoms with Gasteiger partial charge in [0.05, 0.1) is 5.92 Å². The number of hydrogen-bond donors (Lipinski definition) is 1. The highest BCUT2D eigenvalue weighted by molar-refractivity contribution is 5.71. The maximum atomic E-state index is 11.4. The molecule has 0 aromatic rings. The number of hydrogen-bond acceptors (Lipinski definition) is 1. The molecule has 7 atom stereocenters. The lowest BCUT2D eigenvalue weighted by atomic mass is 9.61. The second-order valence-corrected chi connectivity index (χ2v) is 7.46. The maximum Gasteiger partial charge on any atom is 0.306 e. The Kier molecular flexibility index (Phi) is 1.57. The van der Waals surface area contributed by atoms with Gasteiger partial charge in [0, 0.05) is 0 Å². The lowest BCUT2D eigenvalue weighted by Gasteiger charge is -2.43. The van der Waals surface area contributed by atoms with Crippen molar-refractivity contribution in [3.63, 3.8) is 0 Å². The van der Waals surface area contributed by atoms with E-state index in [4.69, 9.17) is 0 Å². The van der Waals surface area contributed by atoms with E-state index in [9.17, 15) is 9.90 Å². The number of rotatable bonds is 1. The second kappa shape index (κ2) is 2.62. The molecule has 0 heterocycles. The molecule has 0 amide bonds. The summed E-state index contributed by atoms with van der Waals surface area (Å²) in [5.41, 5.74) is 0.622. The van der Waals surface area contributed by atoms with Gasteiger partial charge in [-0.1, -0.05) is 26.0 Å². The third-order valence-corrected chi connectivity index (χ3v) is 6.50.